The number of hydrogen-bond acceptors (Lipinski definition) is 5. The lowest BCUT2D eigenvalue weighted by molar-refractivity contribution is -0.384. The van der Waals surface area contributed by atoms with Crippen molar-refractivity contribution in [3.8, 4) is 6.07 Å². The molecule has 0 aliphatic heterocycles. The van der Waals surface area contributed by atoms with Crippen molar-refractivity contribution < 1.29 is 4.92 Å². The molecule has 0 saturated heterocycles. The van der Waals surface area contributed by atoms with Crippen molar-refractivity contribution in [3.63, 3.8) is 0 Å². The van der Waals surface area contributed by atoms with Gasteiger partial charge in [-0.25, -0.2) is 4.98 Å². The minimum Gasteiger partial charge on any atom is -0.377 e. The Morgan fingerprint density at radius 1 is 1.58 bits per heavy atom. The van der Waals surface area contributed by atoms with E-state index in [1.54, 1.807) is 6.20 Å². The van der Waals surface area contributed by atoms with Crippen LogP contribution in [0.3, 0.4) is 0 Å². The summed E-state index contributed by atoms with van der Waals surface area (Å²) in [5.74, 6) is 0.808. The maximum atomic E-state index is 10.6. The lowest BCUT2D eigenvalue weighted by Crippen LogP contribution is -2.06. The van der Waals surface area contributed by atoms with Gasteiger partial charge in [-0.1, -0.05) is 0 Å². The summed E-state index contributed by atoms with van der Waals surface area (Å²) in [6.07, 6.45) is 3.50. The molecule has 1 aromatic heterocycles. The number of imidazole rings is 1. The summed E-state index contributed by atoms with van der Waals surface area (Å²) in [6, 6.07) is 6.08. The van der Waals surface area contributed by atoms with E-state index in [0.29, 0.717) is 12.2 Å². The largest absolute Gasteiger partial charge is 0.377 e. The molecule has 0 amide bonds. The van der Waals surface area contributed by atoms with Crippen molar-refractivity contribution in [2.45, 2.75) is 6.54 Å². The molecule has 1 heterocycles. The van der Waals surface area contributed by atoms with E-state index < -0.39 is 4.92 Å². The highest BCUT2D eigenvalue weighted by molar-refractivity contribution is 5.61. The van der Waals surface area contributed by atoms with Gasteiger partial charge < -0.3 is 9.88 Å². The van der Waals surface area contributed by atoms with E-state index in [9.17, 15) is 10.1 Å². The summed E-state index contributed by atoms with van der Waals surface area (Å²) in [4.78, 5) is 14.2. The fourth-order valence-electron chi connectivity index (χ4n) is 1.63. The van der Waals surface area contributed by atoms with Gasteiger partial charge in [-0.2, -0.15) is 5.26 Å². The molecule has 96 valence electrons. The quantitative estimate of drug-likeness (QED) is 0.665. The molecule has 2 rings (SSSR count). The number of nitrogens with zero attached hydrogens (tertiary/aromatic N) is 4. The summed E-state index contributed by atoms with van der Waals surface area (Å²) in [7, 11) is 1.87. The smallest absolute Gasteiger partial charge is 0.270 e. The first-order valence-electron chi connectivity index (χ1n) is 5.50. The van der Waals surface area contributed by atoms with Crippen LogP contribution in [0.4, 0.5) is 11.4 Å². The molecule has 0 aliphatic rings. The number of benzene rings is 1. The summed E-state index contributed by atoms with van der Waals surface area (Å²) in [5.41, 5.74) is 0.693. The number of non-ortho nitro benzene ring substituents is 1. The number of nitriles is 1. The van der Waals surface area contributed by atoms with Gasteiger partial charge in [0.25, 0.3) is 5.69 Å². The van der Waals surface area contributed by atoms with Gasteiger partial charge in [0, 0.05) is 31.6 Å². The number of aryl methyl sites for hydroxylation is 1. The van der Waals surface area contributed by atoms with Crippen molar-refractivity contribution in [1.82, 2.24) is 9.55 Å². The van der Waals surface area contributed by atoms with Gasteiger partial charge in [-0.15, -0.1) is 0 Å². The minimum absolute atomic E-state index is 0.0981. The van der Waals surface area contributed by atoms with Crippen molar-refractivity contribution in [1.29, 1.82) is 5.26 Å². The molecule has 1 aromatic carbocycles. The fraction of sp³-hybridized carbons (Fsp3) is 0.167. The van der Waals surface area contributed by atoms with Crippen molar-refractivity contribution in [3.05, 3.63) is 52.1 Å². The molecule has 1 N–H and O–H groups in total. The maximum absolute atomic E-state index is 10.6. The maximum Gasteiger partial charge on any atom is 0.270 e. The Balaban J connectivity index is 2.19. The number of rotatable bonds is 4. The number of aromatic nitrogens is 2. The second-order valence-electron chi connectivity index (χ2n) is 3.91. The molecular weight excluding hydrogens is 246 g/mol. The summed E-state index contributed by atoms with van der Waals surface area (Å²) in [6.45, 7) is 0.440. The molecular formula is C12H11N5O2. The average molecular weight is 257 g/mol. The van der Waals surface area contributed by atoms with Crippen LogP contribution in [-0.2, 0) is 13.6 Å². The number of nitro benzene ring substituents is 1. The van der Waals surface area contributed by atoms with Gasteiger partial charge in [0.05, 0.1) is 22.7 Å². The number of nitro groups is 1. The summed E-state index contributed by atoms with van der Waals surface area (Å²) in [5, 5.41) is 22.7. The lowest BCUT2D eigenvalue weighted by Gasteiger charge is -2.07. The molecule has 0 unspecified atom stereocenters. The number of hydrogen-bond donors (Lipinski definition) is 1. The van der Waals surface area contributed by atoms with E-state index in [1.165, 1.54) is 18.2 Å². The minimum atomic E-state index is -0.524. The van der Waals surface area contributed by atoms with E-state index in [2.05, 4.69) is 10.3 Å². The highest BCUT2D eigenvalue weighted by Gasteiger charge is 2.10. The molecule has 7 nitrogen and oxygen atoms in total. The van der Waals surface area contributed by atoms with Crippen LogP contribution in [0.2, 0.25) is 0 Å². The Kier molecular flexibility index (Phi) is 3.43. The van der Waals surface area contributed by atoms with Gasteiger partial charge in [0.1, 0.15) is 11.9 Å². The van der Waals surface area contributed by atoms with E-state index in [4.69, 9.17) is 5.26 Å². The molecule has 0 spiro atoms. The van der Waals surface area contributed by atoms with Crippen LogP contribution in [0.25, 0.3) is 0 Å². The Morgan fingerprint density at radius 3 is 2.95 bits per heavy atom. The predicted octanol–water partition coefficient (Wildman–Crippen LogP) is 1.81. The Labute approximate surface area is 109 Å². The summed E-state index contributed by atoms with van der Waals surface area (Å²) >= 11 is 0. The standard InChI is InChI=1S/C12H11N5O2/c1-16-5-4-14-12(16)8-15-11-3-2-10(17(18)19)6-9(11)7-13/h2-6,15H,8H2,1H3. The topological polar surface area (TPSA) is 96.8 Å². The zero-order chi connectivity index (χ0) is 13.8. The number of nitrogens with one attached hydrogen (secondary N) is 1. The van der Waals surface area contributed by atoms with Crippen LogP contribution in [0.15, 0.2) is 30.6 Å². The van der Waals surface area contributed by atoms with Crippen LogP contribution in [0.5, 0.6) is 0 Å². The molecule has 0 saturated carbocycles. The molecule has 0 bridgehead atoms. The molecule has 2 aromatic rings. The second-order valence-corrected chi connectivity index (χ2v) is 3.91. The Morgan fingerprint density at radius 2 is 2.37 bits per heavy atom. The van der Waals surface area contributed by atoms with Gasteiger partial charge in [0.2, 0.25) is 0 Å². The normalized spacial score (nSPS) is 9.89. The van der Waals surface area contributed by atoms with E-state index >= 15 is 0 Å². The zero-order valence-corrected chi connectivity index (χ0v) is 10.2. The van der Waals surface area contributed by atoms with E-state index in [0.717, 1.165) is 5.82 Å². The van der Waals surface area contributed by atoms with Crippen molar-refractivity contribution in [2.75, 3.05) is 5.32 Å². The van der Waals surface area contributed by atoms with Crippen LogP contribution in [-0.4, -0.2) is 14.5 Å². The Hall–Kier alpha value is -2.88. The lowest BCUT2D eigenvalue weighted by atomic mass is 10.1. The van der Waals surface area contributed by atoms with Crippen LogP contribution < -0.4 is 5.32 Å². The van der Waals surface area contributed by atoms with Gasteiger partial charge in [0.15, 0.2) is 0 Å². The van der Waals surface area contributed by atoms with Crippen LogP contribution in [0, 0.1) is 21.4 Å². The third-order valence-corrected chi connectivity index (χ3v) is 2.69. The number of anilines is 1. The zero-order valence-electron chi connectivity index (χ0n) is 10.2. The molecule has 0 radical (unpaired) electrons. The third kappa shape index (κ3) is 2.69. The molecule has 19 heavy (non-hydrogen) atoms. The predicted molar refractivity (Wildman–Crippen MR) is 68.3 cm³/mol. The highest BCUT2D eigenvalue weighted by Crippen LogP contribution is 2.21. The van der Waals surface area contributed by atoms with Crippen LogP contribution in [0.1, 0.15) is 11.4 Å². The van der Waals surface area contributed by atoms with Crippen molar-refractivity contribution >= 4 is 11.4 Å². The molecule has 0 atom stereocenters. The average Bonchev–Trinajstić information content (AvgIpc) is 2.81. The highest BCUT2D eigenvalue weighted by atomic mass is 16.6. The monoisotopic (exact) mass is 257 g/mol. The van der Waals surface area contributed by atoms with E-state index in [1.807, 2.05) is 23.9 Å². The van der Waals surface area contributed by atoms with E-state index in [-0.39, 0.29) is 11.3 Å². The first-order valence-corrected chi connectivity index (χ1v) is 5.50. The molecule has 0 fully saturated rings. The van der Waals surface area contributed by atoms with Crippen LogP contribution >= 0.6 is 0 Å². The molecule has 7 heteroatoms. The third-order valence-electron chi connectivity index (χ3n) is 2.69. The second kappa shape index (κ2) is 5.18. The van der Waals surface area contributed by atoms with Crippen molar-refractivity contribution in [2.24, 2.45) is 7.05 Å². The van der Waals surface area contributed by atoms with Gasteiger partial charge in [-0.3, -0.25) is 10.1 Å². The van der Waals surface area contributed by atoms with Gasteiger partial charge >= 0.3 is 0 Å². The fourth-order valence-corrected chi connectivity index (χ4v) is 1.63. The SMILES string of the molecule is Cn1ccnc1CNc1ccc([N+](=O)[O-])cc1C#N. The van der Waals surface area contributed by atoms with Gasteiger partial charge in [-0.05, 0) is 6.07 Å². The first-order chi connectivity index (χ1) is 9.11. The first kappa shape index (κ1) is 12.6. The summed E-state index contributed by atoms with van der Waals surface area (Å²) < 4.78 is 1.85. The Bertz CT molecular complexity index is 656. The molecule has 0 aliphatic carbocycles.